The zero-order valence-electron chi connectivity index (χ0n) is 20.1. The second-order valence-corrected chi connectivity index (χ2v) is 8.78. The summed E-state index contributed by atoms with van der Waals surface area (Å²) in [5.41, 5.74) is 3.30. The highest BCUT2D eigenvalue weighted by Crippen LogP contribution is 2.28. The predicted molar refractivity (Wildman–Crippen MR) is 131 cm³/mol. The van der Waals surface area contributed by atoms with E-state index < -0.39 is 12.7 Å². The first-order chi connectivity index (χ1) is 18.1. The van der Waals surface area contributed by atoms with Gasteiger partial charge in [-0.2, -0.15) is 14.0 Å². The fourth-order valence-electron chi connectivity index (χ4n) is 4.40. The van der Waals surface area contributed by atoms with Crippen molar-refractivity contribution in [2.24, 2.45) is 0 Å². The number of aromatic nitrogens is 4. The summed E-state index contributed by atoms with van der Waals surface area (Å²) in [5, 5.41) is 12.9. The molecule has 192 valence electrons. The molecule has 1 N–H and O–H groups in total. The lowest BCUT2D eigenvalue weighted by Gasteiger charge is -2.26. The number of hydrogen-bond donors (Lipinski definition) is 1. The highest BCUT2D eigenvalue weighted by molar-refractivity contribution is 5.67. The van der Waals surface area contributed by atoms with Crippen LogP contribution in [0.4, 0.5) is 26.2 Å². The highest BCUT2D eigenvalue weighted by Gasteiger charge is 2.28. The summed E-state index contributed by atoms with van der Waals surface area (Å²) in [5.74, 6) is 0.830. The second kappa shape index (κ2) is 11.5. The van der Waals surface area contributed by atoms with Crippen LogP contribution >= 0.6 is 0 Å². The lowest BCUT2D eigenvalue weighted by Crippen LogP contribution is -2.35. The minimum Gasteiger partial charge on any atom is -0.379 e. The van der Waals surface area contributed by atoms with Crippen molar-refractivity contribution in [1.82, 2.24) is 24.8 Å². The van der Waals surface area contributed by atoms with Crippen molar-refractivity contribution in [1.29, 1.82) is 5.26 Å². The van der Waals surface area contributed by atoms with E-state index in [-0.39, 0.29) is 6.54 Å². The van der Waals surface area contributed by atoms with Gasteiger partial charge in [0.05, 0.1) is 48.2 Å². The van der Waals surface area contributed by atoms with Gasteiger partial charge in [0.2, 0.25) is 5.95 Å². The first-order valence-electron chi connectivity index (χ1n) is 12.0. The minimum absolute atomic E-state index is 0.256. The third kappa shape index (κ3) is 6.32. The van der Waals surface area contributed by atoms with Crippen LogP contribution in [0.25, 0.3) is 11.3 Å². The van der Waals surface area contributed by atoms with Crippen LogP contribution in [-0.4, -0.2) is 76.9 Å². The third-order valence-corrected chi connectivity index (χ3v) is 6.25. The van der Waals surface area contributed by atoms with Crippen LogP contribution in [0.5, 0.6) is 0 Å². The SMILES string of the molecule is N#Cc1cc(-c2ccnc(Nc3ccc(CN4CCOCC4)nc3)n2)cnc1N1CCC(OC(F)F)C1. The van der Waals surface area contributed by atoms with Gasteiger partial charge in [-0.1, -0.05) is 0 Å². The molecule has 5 heterocycles. The van der Waals surface area contributed by atoms with E-state index in [1.54, 1.807) is 35.6 Å². The monoisotopic (exact) mass is 508 g/mol. The Labute approximate surface area is 212 Å². The summed E-state index contributed by atoms with van der Waals surface area (Å²) < 4.78 is 35.1. The maximum absolute atomic E-state index is 12.5. The Morgan fingerprint density at radius 2 is 2.00 bits per heavy atom. The zero-order chi connectivity index (χ0) is 25.6. The topological polar surface area (TPSA) is 112 Å². The molecule has 3 aromatic rings. The number of alkyl halides is 2. The van der Waals surface area contributed by atoms with Crippen LogP contribution in [-0.2, 0) is 16.0 Å². The van der Waals surface area contributed by atoms with Gasteiger partial charge in [0.1, 0.15) is 11.9 Å². The zero-order valence-corrected chi connectivity index (χ0v) is 20.1. The Hall–Kier alpha value is -3.79. The molecule has 2 aliphatic rings. The van der Waals surface area contributed by atoms with Gasteiger partial charge in [0.15, 0.2) is 0 Å². The largest absolute Gasteiger partial charge is 0.379 e. The van der Waals surface area contributed by atoms with Gasteiger partial charge in [-0.15, -0.1) is 0 Å². The van der Waals surface area contributed by atoms with Gasteiger partial charge in [-0.25, -0.2) is 15.0 Å². The normalized spacial score (nSPS) is 18.2. The van der Waals surface area contributed by atoms with Crippen LogP contribution in [0.15, 0.2) is 42.9 Å². The molecule has 1 atom stereocenters. The van der Waals surface area contributed by atoms with Gasteiger partial charge in [0.25, 0.3) is 0 Å². The van der Waals surface area contributed by atoms with Crippen LogP contribution in [0.2, 0.25) is 0 Å². The first-order valence-corrected chi connectivity index (χ1v) is 12.0. The second-order valence-electron chi connectivity index (χ2n) is 8.78. The lowest BCUT2D eigenvalue weighted by atomic mass is 10.1. The summed E-state index contributed by atoms with van der Waals surface area (Å²) in [6.07, 6.45) is 4.84. The number of nitriles is 1. The van der Waals surface area contributed by atoms with Crippen molar-refractivity contribution in [3.63, 3.8) is 0 Å². The molecular formula is C25H26F2N8O2. The van der Waals surface area contributed by atoms with E-state index in [2.05, 4.69) is 41.0 Å². The Morgan fingerprint density at radius 1 is 1.14 bits per heavy atom. The third-order valence-electron chi connectivity index (χ3n) is 6.25. The number of nitrogens with one attached hydrogen (secondary N) is 1. The minimum atomic E-state index is -2.82. The average Bonchev–Trinajstić information content (AvgIpc) is 3.38. The Morgan fingerprint density at radius 3 is 2.76 bits per heavy atom. The van der Waals surface area contributed by atoms with Crippen molar-refractivity contribution >= 4 is 17.5 Å². The molecule has 0 saturated carbocycles. The van der Waals surface area contributed by atoms with E-state index in [1.165, 1.54) is 0 Å². The molecule has 5 rings (SSSR count). The van der Waals surface area contributed by atoms with Crippen LogP contribution in [0, 0.1) is 11.3 Å². The lowest BCUT2D eigenvalue weighted by molar-refractivity contribution is -0.156. The molecule has 3 aromatic heterocycles. The van der Waals surface area contributed by atoms with E-state index in [0.29, 0.717) is 41.6 Å². The molecule has 37 heavy (non-hydrogen) atoms. The Kier molecular flexibility index (Phi) is 7.74. The molecule has 2 aliphatic heterocycles. The first kappa shape index (κ1) is 24.9. The van der Waals surface area contributed by atoms with Gasteiger partial charge in [0, 0.05) is 50.7 Å². The maximum Gasteiger partial charge on any atom is 0.345 e. The summed E-state index contributed by atoms with van der Waals surface area (Å²) in [4.78, 5) is 21.9. The molecule has 0 spiro atoms. The summed E-state index contributed by atoms with van der Waals surface area (Å²) in [6, 6.07) is 9.49. The number of ether oxygens (including phenoxy) is 2. The maximum atomic E-state index is 12.5. The Balaban J connectivity index is 1.26. The molecular weight excluding hydrogens is 482 g/mol. The average molecular weight is 509 g/mol. The smallest absolute Gasteiger partial charge is 0.345 e. The fraction of sp³-hybridized carbons (Fsp3) is 0.400. The van der Waals surface area contributed by atoms with Crippen molar-refractivity contribution in [3.8, 4) is 17.3 Å². The number of halogens is 2. The van der Waals surface area contributed by atoms with E-state index in [1.807, 2.05) is 12.1 Å². The van der Waals surface area contributed by atoms with Crippen LogP contribution < -0.4 is 10.2 Å². The van der Waals surface area contributed by atoms with Crippen molar-refractivity contribution < 1.29 is 18.3 Å². The molecule has 0 amide bonds. The highest BCUT2D eigenvalue weighted by atomic mass is 19.3. The van der Waals surface area contributed by atoms with E-state index in [9.17, 15) is 14.0 Å². The molecule has 2 saturated heterocycles. The predicted octanol–water partition coefficient (Wildman–Crippen LogP) is 3.20. The fourth-order valence-corrected chi connectivity index (χ4v) is 4.40. The molecule has 0 aromatic carbocycles. The number of pyridine rings is 2. The number of nitrogens with zero attached hydrogens (tertiary/aromatic N) is 7. The summed E-state index contributed by atoms with van der Waals surface area (Å²) >= 11 is 0. The van der Waals surface area contributed by atoms with Gasteiger partial charge in [-0.3, -0.25) is 9.88 Å². The molecule has 0 radical (unpaired) electrons. The Bertz CT molecular complexity index is 1250. The molecule has 2 fully saturated rings. The quantitative estimate of drug-likeness (QED) is 0.487. The van der Waals surface area contributed by atoms with Crippen molar-refractivity contribution in [2.45, 2.75) is 25.7 Å². The number of rotatable bonds is 8. The van der Waals surface area contributed by atoms with Gasteiger partial charge < -0.3 is 19.7 Å². The van der Waals surface area contributed by atoms with Crippen molar-refractivity contribution in [2.75, 3.05) is 49.6 Å². The molecule has 1 unspecified atom stereocenters. The van der Waals surface area contributed by atoms with E-state index in [4.69, 9.17) is 4.74 Å². The number of anilines is 3. The summed E-state index contributed by atoms with van der Waals surface area (Å²) in [6.45, 7) is 1.99. The van der Waals surface area contributed by atoms with E-state index >= 15 is 0 Å². The standard InChI is InChI=1S/C25H26F2N8O2/c26-24(27)37-21-4-6-35(16-21)23-17(12-28)11-18(13-31-23)22-3-5-29-25(33-22)32-19-1-2-20(30-14-19)15-34-7-9-36-10-8-34/h1-3,5,11,13-14,21,24H,4,6-10,15-16H2,(H,29,32,33). The number of morpholine rings is 1. The van der Waals surface area contributed by atoms with Gasteiger partial charge in [-0.05, 0) is 30.7 Å². The molecule has 10 nitrogen and oxygen atoms in total. The molecule has 12 heteroatoms. The number of hydrogen-bond acceptors (Lipinski definition) is 10. The molecule has 0 aliphatic carbocycles. The van der Waals surface area contributed by atoms with E-state index in [0.717, 1.165) is 44.2 Å². The van der Waals surface area contributed by atoms with Crippen LogP contribution in [0.3, 0.4) is 0 Å². The van der Waals surface area contributed by atoms with Gasteiger partial charge >= 0.3 is 6.61 Å². The molecule has 0 bridgehead atoms. The van der Waals surface area contributed by atoms with Crippen LogP contribution in [0.1, 0.15) is 17.7 Å². The van der Waals surface area contributed by atoms with Crippen molar-refractivity contribution in [3.05, 3.63) is 54.1 Å². The summed E-state index contributed by atoms with van der Waals surface area (Å²) in [7, 11) is 0.